The van der Waals surface area contributed by atoms with Crippen LogP contribution < -0.4 is 5.32 Å². The second kappa shape index (κ2) is 4.72. The molecule has 1 N–H and O–H groups in total. The molecule has 0 spiro atoms. The average Bonchev–Trinajstić information content (AvgIpc) is 2.21. The monoisotopic (exact) mass is 287 g/mol. The van der Waals surface area contributed by atoms with Crippen molar-refractivity contribution >= 4 is 23.2 Å². The lowest BCUT2D eigenvalue weighted by Gasteiger charge is -2.19. The van der Waals surface area contributed by atoms with Gasteiger partial charge in [0.1, 0.15) is 0 Å². The lowest BCUT2D eigenvalue weighted by molar-refractivity contribution is -0.267. The summed E-state index contributed by atoms with van der Waals surface area (Å²) in [4.78, 5) is 10.9. The Bertz CT molecular complexity index is 472. The Kier molecular flexibility index (Phi) is 3.85. The summed E-state index contributed by atoms with van der Waals surface area (Å²) in [6.07, 6.45) is -5.94. The first-order valence-electron chi connectivity index (χ1n) is 4.58. The second-order valence-electron chi connectivity index (χ2n) is 3.49. The van der Waals surface area contributed by atoms with Crippen molar-refractivity contribution in [1.82, 2.24) is 0 Å². The Labute approximate surface area is 104 Å². The van der Waals surface area contributed by atoms with Crippen LogP contribution in [0.25, 0.3) is 0 Å². The van der Waals surface area contributed by atoms with Crippen molar-refractivity contribution in [1.29, 1.82) is 0 Å². The van der Waals surface area contributed by atoms with E-state index in [0.717, 1.165) is 6.07 Å². The van der Waals surface area contributed by atoms with Crippen molar-refractivity contribution in [2.75, 3.05) is 5.32 Å². The lowest BCUT2D eigenvalue weighted by atomic mass is 10.2. The van der Waals surface area contributed by atoms with Crippen LogP contribution in [0, 0.1) is 6.92 Å². The number of halogens is 6. The summed E-state index contributed by atoms with van der Waals surface area (Å²) in [6, 6.07) is 3.87. The van der Waals surface area contributed by atoms with Gasteiger partial charge in [0, 0.05) is 10.7 Å². The van der Waals surface area contributed by atoms with E-state index in [1.54, 1.807) is 0 Å². The van der Waals surface area contributed by atoms with Gasteiger partial charge < -0.3 is 5.32 Å². The Morgan fingerprint density at radius 2 is 1.78 bits per heavy atom. The third kappa shape index (κ3) is 2.90. The molecule has 1 aromatic carbocycles. The summed E-state index contributed by atoms with van der Waals surface area (Å²) in [6.45, 7) is 1.43. The standard InChI is InChI=1S/C10H7ClF5NO/c1-5-2-3-6(11)4-7(5)17-8(18)9(12,13)10(14,15)16/h2-4H,1H3,(H,17,18). The van der Waals surface area contributed by atoms with E-state index in [-0.39, 0.29) is 10.7 Å². The molecule has 0 atom stereocenters. The summed E-state index contributed by atoms with van der Waals surface area (Å²) in [5.41, 5.74) is 0.113. The molecular weight excluding hydrogens is 281 g/mol. The molecule has 0 radical (unpaired) electrons. The highest BCUT2D eigenvalue weighted by Gasteiger charge is 2.63. The molecular formula is C10H7ClF5NO. The molecule has 100 valence electrons. The first-order chi connectivity index (χ1) is 8.05. The Morgan fingerprint density at radius 3 is 2.28 bits per heavy atom. The van der Waals surface area contributed by atoms with Gasteiger partial charge in [-0.1, -0.05) is 17.7 Å². The number of rotatable bonds is 2. The molecule has 0 unspecified atom stereocenters. The third-order valence-electron chi connectivity index (χ3n) is 2.09. The summed E-state index contributed by atoms with van der Waals surface area (Å²) in [5.74, 6) is -7.90. The molecule has 1 amide bonds. The lowest BCUT2D eigenvalue weighted by Crippen LogP contribution is -2.47. The minimum atomic E-state index is -5.94. The van der Waals surface area contributed by atoms with Gasteiger partial charge in [0.15, 0.2) is 0 Å². The van der Waals surface area contributed by atoms with Crippen molar-refractivity contribution in [2.24, 2.45) is 0 Å². The molecule has 1 aromatic rings. The number of benzene rings is 1. The maximum absolute atomic E-state index is 12.7. The highest BCUT2D eigenvalue weighted by molar-refractivity contribution is 6.31. The molecule has 0 aliphatic rings. The van der Waals surface area contributed by atoms with Crippen LogP contribution in [0.4, 0.5) is 27.6 Å². The highest BCUT2D eigenvalue weighted by atomic mass is 35.5. The minimum absolute atomic E-state index is 0.103. The zero-order valence-corrected chi connectivity index (χ0v) is 9.66. The maximum atomic E-state index is 12.7. The molecule has 0 saturated heterocycles. The first kappa shape index (κ1) is 14.7. The molecule has 1 rings (SSSR count). The molecule has 0 saturated carbocycles. The summed E-state index contributed by atoms with van der Waals surface area (Å²) in [7, 11) is 0. The van der Waals surface area contributed by atoms with Gasteiger partial charge in [-0.3, -0.25) is 4.79 Å². The molecule has 0 aromatic heterocycles. The summed E-state index contributed by atoms with van der Waals surface area (Å²) >= 11 is 5.54. The average molecular weight is 288 g/mol. The molecule has 0 aliphatic heterocycles. The van der Waals surface area contributed by atoms with Crippen molar-refractivity contribution in [3.05, 3.63) is 28.8 Å². The van der Waals surface area contributed by atoms with Gasteiger partial charge in [-0.25, -0.2) is 0 Å². The minimum Gasteiger partial charge on any atom is -0.320 e. The van der Waals surface area contributed by atoms with Crippen molar-refractivity contribution in [3.63, 3.8) is 0 Å². The Morgan fingerprint density at radius 1 is 1.22 bits per heavy atom. The number of amides is 1. The maximum Gasteiger partial charge on any atom is 0.463 e. The van der Waals surface area contributed by atoms with Crippen molar-refractivity contribution < 1.29 is 26.7 Å². The van der Waals surface area contributed by atoms with Gasteiger partial charge >= 0.3 is 18.0 Å². The van der Waals surface area contributed by atoms with Crippen LogP contribution in [0.3, 0.4) is 0 Å². The van der Waals surface area contributed by atoms with E-state index in [1.165, 1.54) is 24.4 Å². The van der Waals surface area contributed by atoms with Crippen molar-refractivity contribution in [2.45, 2.75) is 19.0 Å². The van der Waals surface area contributed by atoms with Crippen molar-refractivity contribution in [3.8, 4) is 0 Å². The number of anilines is 1. The van der Waals surface area contributed by atoms with Gasteiger partial charge in [0.25, 0.3) is 0 Å². The highest BCUT2D eigenvalue weighted by Crippen LogP contribution is 2.36. The van der Waals surface area contributed by atoms with Crippen LogP contribution in [0.5, 0.6) is 0 Å². The van der Waals surface area contributed by atoms with Gasteiger partial charge in [-0.2, -0.15) is 22.0 Å². The van der Waals surface area contributed by atoms with Gasteiger partial charge in [-0.05, 0) is 24.6 Å². The number of alkyl halides is 5. The van der Waals surface area contributed by atoms with Gasteiger partial charge in [-0.15, -0.1) is 0 Å². The molecule has 0 fully saturated rings. The van der Waals surface area contributed by atoms with Crippen LogP contribution in [0.1, 0.15) is 5.56 Å². The van der Waals surface area contributed by atoms with E-state index >= 15 is 0 Å². The van der Waals surface area contributed by atoms with E-state index < -0.39 is 18.0 Å². The van der Waals surface area contributed by atoms with Crippen LogP contribution in [0.15, 0.2) is 18.2 Å². The zero-order valence-electron chi connectivity index (χ0n) is 8.91. The fourth-order valence-electron chi connectivity index (χ4n) is 1.06. The SMILES string of the molecule is Cc1ccc(Cl)cc1NC(=O)C(F)(F)C(F)(F)F. The molecule has 2 nitrogen and oxygen atoms in total. The van der Waals surface area contributed by atoms with Crippen LogP contribution in [-0.2, 0) is 4.79 Å². The smallest absolute Gasteiger partial charge is 0.320 e. The largest absolute Gasteiger partial charge is 0.463 e. The van der Waals surface area contributed by atoms with Crippen LogP contribution >= 0.6 is 11.6 Å². The topological polar surface area (TPSA) is 29.1 Å². The number of carbonyl (C=O) groups excluding carboxylic acids is 1. The van der Waals surface area contributed by atoms with Crippen LogP contribution in [-0.4, -0.2) is 18.0 Å². The Hall–Kier alpha value is -1.37. The van der Waals surface area contributed by atoms with E-state index in [1.807, 2.05) is 0 Å². The number of carbonyl (C=O) groups is 1. The molecule has 18 heavy (non-hydrogen) atoms. The van der Waals surface area contributed by atoms with Crippen LogP contribution in [0.2, 0.25) is 5.02 Å². The van der Waals surface area contributed by atoms with Gasteiger partial charge in [0.05, 0.1) is 0 Å². The second-order valence-corrected chi connectivity index (χ2v) is 3.92. The predicted molar refractivity (Wildman–Crippen MR) is 55.8 cm³/mol. The fourth-order valence-corrected chi connectivity index (χ4v) is 1.23. The summed E-state index contributed by atoms with van der Waals surface area (Å²) in [5, 5.41) is 1.61. The quantitative estimate of drug-likeness (QED) is 0.824. The van der Waals surface area contributed by atoms with E-state index in [0.29, 0.717) is 5.56 Å². The van der Waals surface area contributed by atoms with Gasteiger partial charge in [0.2, 0.25) is 0 Å². The zero-order chi connectivity index (χ0) is 14.1. The molecule has 0 bridgehead atoms. The number of hydrogen-bond acceptors (Lipinski definition) is 1. The number of nitrogens with one attached hydrogen (secondary N) is 1. The molecule has 0 heterocycles. The Balaban J connectivity index is 2.98. The van der Waals surface area contributed by atoms with E-state index in [4.69, 9.17) is 11.6 Å². The normalized spacial score (nSPS) is 12.4. The summed E-state index contributed by atoms with van der Waals surface area (Å²) < 4.78 is 61.1. The molecule has 0 aliphatic carbocycles. The number of hydrogen-bond donors (Lipinski definition) is 1. The fraction of sp³-hybridized carbons (Fsp3) is 0.300. The van der Waals surface area contributed by atoms with E-state index in [2.05, 4.69) is 0 Å². The third-order valence-corrected chi connectivity index (χ3v) is 2.32. The number of aryl methyl sites for hydroxylation is 1. The first-order valence-corrected chi connectivity index (χ1v) is 4.95. The molecule has 8 heteroatoms. The predicted octanol–water partition coefficient (Wildman–Crippen LogP) is 3.78. The van der Waals surface area contributed by atoms with E-state index in [9.17, 15) is 26.7 Å².